The van der Waals surface area contributed by atoms with Crippen LogP contribution in [0.1, 0.15) is 46.0 Å². The molecule has 0 aromatic heterocycles. The number of rotatable bonds is 4. The van der Waals surface area contributed by atoms with Gasteiger partial charge in [-0.15, -0.1) is 24.0 Å². The van der Waals surface area contributed by atoms with Crippen LogP contribution in [0.2, 0.25) is 0 Å². The van der Waals surface area contributed by atoms with Crippen LogP contribution in [-0.4, -0.2) is 50.1 Å². The number of likely N-dealkylation sites (tertiary alicyclic amines) is 1. The summed E-state index contributed by atoms with van der Waals surface area (Å²) in [4.78, 5) is 18.5. The number of nitrogens with one attached hydrogen (secondary N) is 1. The Bertz CT molecular complexity index is 395. The fourth-order valence-corrected chi connectivity index (χ4v) is 3.57. The maximum atomic E-state index is 11.5. The number of halogens is 1. The van der Waals surface area contributed by atoms with E-state index in [-0.39, 0.29) is 35.9 Å². The standard InChI is InChI=1S/C16H29N3O2.HI/c1-4-17-15(18-11-13(2)14(20)21-3)19-10-9-16(12-19)7-5-6-8-16;/h13H,4-12H2,1-3H3,(H,17,18);1H. The first kappa shape index (κ1) is 19.5. The van der Waals surface area contributed by atoms with Crippen LogP contribution in [0.5, 0.6) is 0 Å². The van der Waals surface area contributed by atoms with Crippen LogP contribution in [0.25, 0.3) is 0 Å². The highest BCUT2D eigenvalue weighted by molar-refractivity contribution is 14.0. The van der Waals surface area contributed by atoms with Crippen molar-refractivity contribution < 1.29 is 9.53 Å². The largest absolute Gasteiger partial charge is 0.469 e. The van der Waals surface area contributed by atoms with Crippen LogP contribution in [0.4, 0.5) is 0 Å². The molecule has 1 aliphatic heterocycles. The van der Waals surface area contributed by atoms with Crippen molar-refractivity contribution >= 4 is 35.9 Å². The molecule has 1 heterocycles. The summed E-state index contributed by atoms with van der Waals surface area (Å²) in [5.41, 5.74) is 0.532. The third kappa shape index (κ3) is 4.73. The van der Waals surface area contributed by atoms with Crippen LogP contribution in [0.3, 0.4) is 0 Å². The van der Waals surface area contributed by atoms with Crippen LogP contribution in [0, 0.1) is 11.3 Å². The molecule has 1 saturated carbocycles. The van der Waals surface area contributed by atoms with Crippen LogP contribution < -0.4 is 5.32 Å². The molecule has 2 rings (SSSR count). The highest BCUT2D eigenvalue weighted by Gasteiger charge is 2.41. The van der Waals surface area contributed by atoms with Gasteiger partial charge < -0.3 is 15.0 Å². The van der Waals surface area contributed by atoms with Gasteiger partial charge in [-0.2, -0.15) is 0 Å². The van der Waals surface area contributed by atoms with Gasteiger partial charge in [-0.3, -0.25) is 9.79 Å². The summed E-state index contributed by atoms with van der Waals surface area (Å²) in [6, 6.07) is 0. The molecule has 1 aliphatic carbocycles. The lowest BCUT2D eigenvalue weighted by atomic mass is 9.86. The minimum Gasteiger partial charge on any atom is -0.469 e. The van der Waals surface area contributed by atoms with Gasteiger partial charge in [0.05, 0.1) is 19.6 Å². The number of carbonyl (C=O) groups excluding carboxylic acids is 1. The molecule has 5 nitrogen and oxygen atoms in total. The lowest BCUT2D eigenvalue weighted by Crippen LogP contribution is -2.41. The predicted molar refractivity (Wildman–Crippen MR) is 99.7 cm³/mol. The molecule has 1 N–H and O–H groups in total. The molecule has 1 spiro atoms. The second kappa shape index (κ2) is 8.93. The van der Waals surface area contributed by atoms with Crippen LogP contribution in [0.15, 0.2) is 4.99 Å². The molecule has 2 fully saturated rings. The van der Waals surface area contributed by atoms with Crippen molar-refractivity contribution in [2.75, 3.05) is 33.3 Å². The molecular formula is C16H30IN3O2. The maximum Gasteiger partial charge on any atom is 0.310 e. The number of esters is 1. The predicted octanol–water partition coefficient (Wildman–Crippen LogP) is 2.65. The van der Waals surface area contributed by atoms with E-state index in [0.717, 1.165) is 25.6 Å². The third-order valence-corrected chi connectivity index (χ3v) is 4.86. The highest BCUT2D eigenvalue weighted by atomic mass is 127. The summed E-state index contributed by atoms with van der Waals surface area (Å²) in [6.07, 6.45) is 6.76. The second-order valence-electron chi connectivity index (χ2n) is 6.50. The Labute approximate surface area is 151 Å². The highest BCUT2D eigenvalue weighted by Crippen LogP contribution is 2.45. The molecule has 0 radical (unpaired) electrons. The number of carbonyl (C=O) groups is 1. The normalized spacial score (nSPS) is 21.6. The Balaban J connectivity index is 0.00000242. The number of hydrogen-bond acceptors (Lipinski definition) is 3. The quantitative estimate of drug-likeness (QED) is 0.327. The molecule has 128 valence electrons. The average molecular weight is 423 g/mol. The Morgan fingerprint density at radius 1 is 1.36 bits per heavy atom. The number of methoxy groups -OCH3 is 1. The number of ether oxygens (including phenoxy) is 1. The third-order valence-electron chi connectivity index (χ3n) is 4.86. The van der Waals surface area contributed by atoms with Crippen LogP contribution >= 0.6 is 24.0 Å². The first-order chi connectivity index (χ1) is 10.1. The lowest BCUT2D eigenvalue weighted by Gasteiger charge is -2.26. The van der Waals surface area contributed by atoms with Gasteiger partial charge >= 0.3 is 5.97 Å². The Morgan fingerprint density at radius 3 is 2.64 bits per heavy atom. The molecule has 1 unspecified atom stereocenters. The van der Waals surface area contributed by atoms with Crippen molar-refractivity contribution in [1.82, 2.24) is 10.2 Å². The lowest BCUT2D eigenvalue weighted by molar-refractivity contribution is -0.144. The van der Waals surface area contributed by atoms with E-state index in [2.05, 4.69) is 22.1 Å². The van der Waals surface area contributed by atoms with Gasteiger partial charge in [0.15, 0.2) is 5.96 Å². The average Bonchev–Trinajstić information content (AvgIpc) is 3.13. The Kier molecular flexibility index (Phi) is 7.93. The van der Waals surface area contributed by atoms with Crippen LogP contribution in [-0.2, 0) is 9.53 Å². The molecule has 0 aromatic rings. The van der Waals surface area contributed by atoms with E-state index in [1.54, 1.807) is 0 Å². The molecule has 0 bridgehead atoms. The van der Waals surface area contributed by atoms with Crippen molar-refractivity contribution in [1.29, 1.82) is 0 Å². The fourth-order valence-electron chi connectivity index (χ4n) is 3.57. The zero-order valence-corrected chi connectivity index (χ0v) is 16.4. The van der Waals surface area contributed by atoms with E-state index >= 15 is 0 Å². The zero-order chi connectivity index (χ0) is 15.3. The summed E-state index contributed by atoms with van der Waals surface area (Å²) >= 11 is 0. The molecular weight excluding hydrogens is 393 g/mol. The van der Waals surface area contributed by atoms with E-state index in [0.29, 0.717) is 12.0 Å². The van der Waals surface area contributed by atoms with Crippen molar-refractivity contribution in [3.8, 4) is 0 Å². The number of nitrogens with zero attached hydrogens (tertiary/aromatic N) is 2. The van der Waals surface area contributed by atoms with E-state index in [1.165, 1.54) is 39.2 Å². The summed E-state index contributed by atoms with van der Waals surface area (Å²) in [5.74, 6) is 0.576. The minimum absolute atomic E-state index is 0. The topological polar surface area (TPSA) is 53.9 Å². The fraction of sp³-hybridized carbons (Fsp3) is 0.875. The summed E-state index contributed by atoms with van der Waals surface area (Å²) in [7, 11) is 1.43. The summed E-state index contributed by atoms with van der Waals surface area (Å²) in [6.45, 7) is 7.49. The SMILES string of the molecule is CCNC(=NCC(C)C(=O)OC)N1CCC2(CCCC2)C1.I. The molecule has 6 heteroatoms. The minimum atomic E-state index is -0.191. The first-order valence-corrected chi connectivity index (χ1v) is 8.21. The molecule has 2 aliphatic rings. The number of hydrogen-bond donors (Lipinski definition) is 1. The van der Waals surface area contributed by atoms with Gasteiger partial charge in [0.2, 0.25) is 0 Å². The molecule has 1 saturated heterocycles. The van der Waals surface area contributed by atoms with Crippen molar-refractivity contribution in [3.05, 3.63) is 0 Å². The Morgan fingerprint density at radius 2 is 2.05 bits per heavy atom. The van der Waals surface area contributed by atoms with E-state index < -0.39 is 0 Å². The summed E-state index contributed by atoms with van der Waals surface area (Å²) < 4.78 is 4.76. The molecule has 0 aromatic carbocycles. The molecule has 22 heavy (non-hydrogen) atoms. The second-order valence-corrected chi connectivity index (χ2v) is 6.50. The smallest absolute Gasteiger partial charge is 0.310 e. The van der Waals surface area contributed by atoms with Gasteiger partial charge in [-0.25, -0.2) is 0 Å². The number of aliphatic imine (C=N–C) groups is 1. The zero-order valence-electron chi connectivity index (χ0n) is 14.1. The van der Waals surface area contributed by atoms with Crippen molar-refractivity contribution in [2.45, 2.75) is 46.0 Å². The monoisotopic (exact) mass is 423 g/mol. The summed E-state index contributed by atoms with van der Waals surface area (Å²) in [5, 5.41) is 3.37. The van der Waals surface area contributed by atoms with Gasteiger partial charge in [-0.1, -0.05) is 19.8 Å². The number of guanidine groups is 1. The first-order valence-electron chi connectivity index (χ1n) is 8.21. The van der Waals surface area contributed by atoms with Gasteiger partial charge in [0.25, 0.3) is 0 Å². The molecule has 0 amide bonds. The van der Waals surface area contributed by atoms with Gasteiger partial charge in [-0.05, 0) is 31.6 Å². The van der Waals surface area contributed by atoms with Gasteiger partial charge in [0, 0.05) is 19.6 Å². The van der Waals surface area contributed by atoms with E-state index in [9.17, 15) is 4.79 Å². The van der Waals surface area contributed by atoms with E-state index in [4.69, 9.17) is 4.74 Å². The molecule has 1 atom stereocenters. The Hall–Kier alpha value is -0.530. The van der Waals surface area contributed by atoms with Crippen molar-refractivity contribution in [3.63, 3.8) is 0 Å². The van der Waals surface area contributed by atoms with E-state index in [1.807, 2.05) is 6.92 Å². The maximum absolute atomic E-state index is 11.5. The van der Waals surface area contributed by atoms with Crippen molar-refractivity contribution in [2.24, 2.45) is 16.3 Å². The van der Waals surface area contributed by atoms with Gasteiger partial charge in [0.1, 0.15) is 0 Å².